The lowest BCUT2D eigenvalue weighted by Gasteiger charge is -2.21. The number of fused-ring (bicyclic) bond motifs is 2. The second kappa shape index (κ2) is 14.7. The summed E-state index contributed by atoms with van der Waals surface area (Å²) in [7, 11) is 0. The normalized spacial score (nSPS) is 18.0. The van der Waals surface area contributed by atoms with Crippen molar-refractivity contribution in [1.29, 1.82) is 0 Å². The number of benzene rings is 8. The van der Waals surface area contributed by atoms with Crippen LogP contribution in [0.2, 0.25) is 0 Å². The lowest BCUT2D eigenvalue weighted by atomic mass is 9.88. The quantitative estimate of drug-likeness (QED) is 0.152. The van der Waals surface area contributed by atoms with Crippen molar-refractivity contribution in [2.24, 2.45) is 21.8 Å². The van der Waals surface area contributed by atoms with E-state index in [2.05, 4.69) is 207 Å². The Morgan fingerprint density at radius 1 is 0.417 bits per heavy atom. The zero-order valence-corrected chi connectivity index (χ0v) is 33.3. The van der Waals surface area contributed by atoms with Gasteiger partial charge in [-0.2, -0.15) is 0 Å². The molecule has 1 aliphatic carbocycles. The maximum absolute atomic E-state index is 5.42. The molecule has 0 spiro atoms. The molecule has 11 rings (SSSR count). The van der Waals surface area contributed by atoms with Crippen LogP contribution in [-0.2, 0) is 5.54 Å². The van der Waals surface area contributed by atoms with E-state index in [1.165, 1.54) is 38.6 Å². The standard InChI is InChI=1S/C57H41N3/c1-38-54-55(59-56(46-21-10-4-11-22-46)60-57(38,54)48-23-12-5-13-24-48)45-32-30-44(31-33-45)53-49-25-15-14-16-40(49)34-35-50(53)41-28-26-39(27-29-41)47-36-51(42-17-6-2-7-18-42)58-52(37-47)43-19-8-3-9-20-43/h2-38,54H,1H3. The highest BCUT2D eigenvalue weighted by molar-refractivity contribution is 6.17. The van der Waals surface area contributed by atoms with Crippen LogP contribution in [0.3, 0.4) is 0 Å². The third-order valence-corrected chi connectivity index (χ3v) is 12.5. The molecule has 2 aliphatic rings. The zero-order chi connectivity index (χ0) is 40.0. The van der Waals surface area contributed by atoms with Crippen molar-refractivity contribution in [3.05, 3.63) is 235 Å². The minimum Gasteiger partial charge on any atom is -0.254 e. The maximum atomic E-state index is 5.42. The number of hydrogen-bond acceptors (Lipinski definition) is 3. The first-order valence-corrected chi connectivity index (χ1v) is 20.8. The van der Waals surface area contributed by atoms with Crippen LogP contribution < -0.4 is 0 Å². The van der Waals surface area contributed by atoms with Gasteiger partial charge in [0.05, 0.1) is 17.1 Å². The van der Waals surface area contributed by atoms with Crippen molar-refractivity contribution in [2.75, 3.05) is 0 Å². The van der Waals surface area contributed by atoms with Gasteiger partial charge in [-0.15, -0.1) is 0 Å². The van der Waals surface area contributed by atoms with Gasteiger partial charge in [0.2, 0.25) is 0 Å². The van der Waals surface area contributed by atoms with E-state index in [0.29, 0.717) is 5.92 Å². The number of aromatic nitrogens is 1. The predicted octanol–water partition coefficient (Wildman–Crippen LogP) is 14.0. The van der Waals surface area contributed by atoms with Crippen LogP contribution in [0.1, 0.15) is 23.6 Å². The van der Waals surface area contributed by atoms with Crippen LogP contribution in [0.15, 0.2) is 228 Å². The summed E-state index contributed by atoms with van der Waals surface area (Å²) in [6.45, 7) is 2.33. The van der Waals surface area contributed by atoms with Crippen LogP contribution >= 0.6 is 0 Å². The van der Waals surface area contributed by atoms with Gasteiger partial charge in [0.25, 0.3) is 0 Å². The maximum Gasteiger partial charge on any atom is 0.155 e. The summed E-state index contributed by atoms with van der Waals surface area (Å²) in [5, 5.41) is 2.45. The van der Waals surface area contributed by atoms with Gasteiger partial charge in [-0.1, -0.05) is 213 Å². The Bertz CT molecular complexity index is 3010. The monoisotopic (exact) mass is 767 g/mol. The summed E-state index contributed by atoms with van der Waals surface area (Å²) in [6.07, 6.45) is 0. The van der Waals surface area contributed by atoms with Crippen LogP contribution in [0, 0.1) is 11.8 Å². The van der Waals surface area contributed by atoms with Gasteiger partial charge < -0.3 is 0 Å². The molecule has 1 aromatic heterocycles. The second-order valence-electron chi connectivity index (χ2n) is 16.0. The molecule has 3 atom stereocenters. The summed E-state index contributed by atoms with van der Waals surface area (Å²) >= 11 is 0. The Kier molecular flexibility index (Phi) is 8.74. The summed E-state index contributed by atoms with van der Waals surface area (Å²) in [5.41, 5.74) is 15.4. The molecule has 0 amide bonds. The number of nitrogens with zero attached hydrogens (tertiary/aromatic N) is 3. The molecule has 3 nitrogen and oxygen atoms in total. The van der Waals surface area contributed by atoms with Crippen molar-refractivity contribution in [3.63, 3.8) is 0 Å². The van der Waals surface area contributed by atoms with E-state index >= 15 is 0 Å². The largest absolute Gasteiger partial charge is 0.254 e. The van der Waals surface area contributed by atoms with Gasteiger partial charge in [-0.05, 0) is 73.3 Å². The molecule has 284 valence electrons. The molecule has 0 saturated heterocycles. The van der Waals surface area contributed by atoms with Gasteiger partial charge in [-0.25, -0.2) is 9.98 Å². The highest BCUT2D eigenvalue weighted by atomic mass is 15.1. The SMILES string of the molecule is CC1C2C(c3ccc(-c4c(-c5ccc(-c6cc(-c7ccccc7)nc(-c7ccccc7)c6)cc5)ccc5ccccc45)cc3)=NC(c3ccccc3)=NC12c1ccccc1. The fourth-order valence-corrected chi connectivity index (χ4v) is 9.40. The van der Waals surface area contributed by atoms with E-state index in [4.69, 9.17) is 15.0 Å². The van der Waals surface area contributed by atoms with Gasteiger partial charge in [0, 0.05) is 22.6 Å². The van der Waals surface area contributed by atoms with Crippen molar-refractivity contribution in [2.45, 2.75) is 12.5 Å². The van der Waals surface area contributed by atoms with Crippen LogP contribution in [0.25, 0.3) is 66.7 Å². The van der Waals surface area contributed by atoms with Crippen molar-refractivity contribution >= 4 is 22.3 Å². The van der Waals surface area contributed by atoms with E-state index in [-0.39, 0.29) is 11.5 Å². The molecule has 1 fully saturated rings. The molecule has 60 heavy (non-hydrogen) atoms. The number of rotatable bonds is 8. The number of aliphatic imine (C=N–C) groups is 2. The molecular formula is C57H41N3. The molecule has 0 N–H and O–H groups in total. The van der Waals surface area contributed by atoms with E-state index in [1.54, 1.807) is 0 Å². The third-order valence-electron chi connectivity index (χ3n) is 12.5. The molecule has 1 saturated carbocycles. The lowest BCUT2D eigenvalue weighted by Crippen LogP contribution is -2.23. The average molecular weight is 768 g/mol. The van der Waals surface area contributed by atoms with Gasteiger partial charge in [0.15, 0.2) is 5.84 Å². The first-order valence-electron chi connectivity index (χ1n) is 20.8. The highest BCUT2D eigenvalue weighted by Crippen LogP contribution is 2.63. The molecule has 8 aromatic carbocycles. The molecule has 3 unspecified atom stereocenters. The molecule has 2 heterocycles. The Morgan fingerprint density at radius 3 is 1.57 bits per heavy atom. The van der Waals surface area contributed by atoms with E-state index in [0.717, 1.165) is 56.3 Å². The summed E-state index contributed by atoms with van der Waals surface area (Å²) in [6, 6.07) is 77.9. The number of pyridine rings is 1. The van der Waals surface area contributed by atoms with Crippen molar-refractivity contribution in [3.8, 4) is 55.9 Å². The average Bonchev–Trinajstić information content (AvgIpc) is 3.96. The Labute approximate surface area is 351 Å². The fraction of sp³-hybridized carbons (Fsp3) is 0.0702. The molecule has 0 bridgehead atoms. The summed E-state index contributed by atoms with van der Waals surface area (Å²) in [5.74, 6) is 1.34. The second-order valence-corrected chi connectivity index (χ2v) is 16.0. The highest BCUT2D eigenvalue weighted by Gasteiger charge is 2.67. The molecule has 0 radical (unpaired) electrons. The molecule has 1 aliphatic heterocycles. The predicted molar refractivity (Wildman–Crippen MR) is 249 cm³/mol. The molecule has 3 heteroatoms. The number of amidine groups is 1. The lowest BCUT2D eigenvalue weighted by molar-refractivity contribution is 0.656. The van der Waals surface area contributed by atoms with Crippen LogP contribution in [-0.4, -0.2) is 16.5 Å². The summed E-state index contributed by atoms with van der Waals surface area (Å²) < 4.78 is 0. The van der Waals surface area contributed by atoms with E-state index in [9.17, 15) is 0 Å². The Hall–Kier alpha value is -7.49. The topological polar surface area (TPSA) is 37.6 Å². The first kappa shape index (κ1) is 35.7. The van der Waals surface area contributed by atoms with Crippen LogP contribution in [0.4, 0.5) is 0 Å². The van der Waals surface area contributed by atoms with Crippen molar-refractivity contribution in [1.82, 2.24) is 4.98 Å². The first-order chi connectivity index (χ1) is 29.6. The molecular weight excluding hydrogens is 727 g/mol. The van der Waals surface area contributed by atoms with Crippen LogP contribution in [0.5, 0.6) is 0 Å². The van der Waals surface area contributed by atoms with Crippen molar-refractivity contribution < 1.29 is 0 Å². The van der Waals surface area contributed by atoms with Gasteiger partial charge in [-0.3, -0.25) is 4.99 Å². The number of hydrogen-bond donors (Lipinski definition) is 0. The summed E-state index contributed by atoms with van der Waals surface area (Å²) in [4.78, 5) is 15.8. The van der Waals surface area contributed by atoms with E-state index < -0.39 is 0 Å². The Balaban J connectivity index is 0.979. The minimum absolute atomic E-state index is 0.206. The zero-order valence-electron chi connectivity index (χ0n) is 33.3. The van der Waals surface area contributed by atoms with Gasteiger partial charge >= 0.3 is 0 Å². The third kappa shape index (κ3) is 6.18. The van der Waals surface area contributed by atoms with E-state index in [1.807, 2.05) is 18.2 Å². The minimum atomic E-state index is -0.320. The fourth-order valence-electron chi connectivity index (χ4n) is 9.40. The Morgan fingerprint density at radius 2 is 0.933 bits per heavy atom. The smallest absolute Gasteiger partial charge is 0.155 e. The molecule has 9 aromatic rings. The van der Waals surface area contributed by atoms with Gasteiger partial charge in [0.1, 0.15) is 5.54 Å².